The predicted octanol–water partition coefficient (Wildman–Crippen LogP) is 5.44. The average Bonchev–Trinajstić information content (AvgIpc) is 2.93. The number of sulfonamides is 1. The smallest absolute Gasteiger partial charge is 0.243 e. The van der Waals surface area contributed by atoms with Crippen LogP contribution in [-0.4, -0.2) is 50.5 Å². The molecule has 41 heavy (non-hydrogen) atoms. The SMILES string of the molecule is CC(C)CNC(=O)[C@H](Cc1ccccc1)N(Cc1ccc(F)cc1)C(=O)CCCN(c1ccc(Cl)cc1)S(C)(=O)=O. The number of rotatable bonds is 14. The normalized spacial score (nSPS) is 12.1. The van der Waals surface area contributed by atoms with Crippen LogP contribution >= 0.6 is 11.6 Å². The summed E-state index contributed by atoms with van der Waals surface area (Å²) in [7, 11) is -3.62. The number of carbonyl (C=O) groups is 2. The number of halogens is 2. The van der Waals surface area contributed by atoms with Crippen molar-refractivity contribution in [3.05, 3.63) is 101 Å². The Morgan fingerprint density at radius 3 is 2.15 bits per heavy atom. The van der Waals surface area contributed by atoms with Crippen LogP contribution in [0.15, 0.2) is 78.9 Å². The van der Waals surface area contributed by atoms with Crippen LogP contribution in [0.2, 0.25) is 5.02 Å². The summed E-state index contributed by atoms with van der Waals surface area (Å²) < 4.78 is 39.9. The molecule has 0 bridgehead atoms. The summed E-state index contributed by atoms with van der Waals surface area (Å²) in [4.78, 5) is 28.8. The van der Waals surface area contributed by atoms with E-state index >= 15 is 0 Å². The lowest BCUT2D eigenvalue weighted by Crippen LogP contribution is -2.51. The van der Waals surface area contributed by atoms with E-state index in [1.807, 2.05) is 44.2 Å². The lowest BCUT2D eigenvalue weighted by molar-refractivity contribution is -0.141. The quantitative estimate of drug-likeness (QED) is 0.267. The standard InChI is InChI=1S/C31H37ClFN3O4S/c1-23(2)21-34-31(38)29(20-24-8-5-4-6-9-24)35(22-25-11-15-27(33)16-12-25)30(37)10-7-19-36(41(3,39)40)28-17-13-26(32)14-18-28/h4-6,8-9,11-18,23,29H,7,10,19-22H2,1-3H3,(H,34,38)/t29-/m0/s1. The van der Waals surface area contributed by atoms with E-state index in [1.165, 1.54) is 21.3 Å². The number of hydrogen-bond acceptors (Lipinski definition) is 4. The van der Waals surface area contributed by atoms with E-state index in [2.05, 4.69) is 5.32 Å². The first-order valence-electron chi connectivity index (χ1n) is 13.5. The molecule has 3 rings (SSSR count). The molecule has 2 amide bonds. The predicted molar refractivity (Wildman–Crippen MR) is 162 cm³/mol. The molecule has 0 unspecified atom stereocenters. The van der Waals surface area contributed by atoms with Gasteiger partial charge < -0.3 is 10.2 Å². The van der Waals surface area contributed by atoms with Gasteiger partial charge in [-0.05, 0) is 59.9 Å². The van der Waals surface area contributed by atoms with E-state index in [4.69, 9.17) is 11.6 Å². The lowest BCUT2D eigenvalue weighted by atomic mass is 10.0. The molecule has 1 atom stereocenters. The van der Waals surface area contributed by atoms with Crippen molar-refractivity contribution in [2.24, 2.45) is 5.92 Å². The first kappa shape index (κ1) is 32.1. The highest BCUT2D eigenvalue weighted by molar-refractivity contribution is 7.92. The Morgan fingerprint density at radius 2 is 1.56 bits per heavy atom. The van der Waals surface area contributed by atoms with E-state index in [-0.39, 0.29) is 50.1 Å². The molecule has 0 heterocycles. The number of nitrogens with zero attached hydrogens (tertiary/aromatic N) is 2. The number of hydrogen-bond donors (Lipinski definition) is 1. The summed E-state index contributed by atoms with van der Waals surface area (Å²) >= 11 is 5.97. The summed E-state index contributed by atoms with van der Waals surface area (Å²) in [5, 5.41) is 3.44. The number of carbonyl (C=O) groups excluding carboxylic acids is 2. The van der Waals surface area contributed by atoms with E-state index < -0.39 is 21.9 Å². The Balaban J connectivity index is 1.87. The molecule has 0 aliphatic heterocycles. The minimum Gasteiger partial charge on any atom is -0.354 e. The molecular weight excluding hydrogens is 565 g/mol. The molecule has 10 heteroatoms. The van der Waals surface area contributed by atoms with Crippen LogP contribution in [0.3, 0.4) is 0 Å². The van der Waals surface area contributed by atoms with Gasteiger partial charge in [-0.2, -0.15) is 0 Å². The number of benzene rings is 3. The van der Waals surface area contributed by atoms with Gasteiger partial charge in [-0.15, -0.1) is 0 Å². The van der Waals surface area contributed by atoms with Gasteiger partial charge in [0.25, 0.3) is 0 Å². The van der Waals surface area contributed by atoms with Crippen molar-refractivity contribution >= 4 is 39.1 Å². The number of amides is 2. The summed E-state index contributed by atoms with van der Waals surface area (Å²) in [5.41, 5.74) is 2.01. The zero-order valence-corrected chi connectivity index (χ0v) is 25.2. The number of nitrogens with one attached hydrogen (secondary N) is 1. The van der Waals surface area contributed by atoms with Gasteiger partial charge in [-0.25, -0.2) is 12.8 Å². The minimum atomic E-state index is -3.62. The Bertz CT molecular complexity index is 1390. The monoisotopic (exact) mass is 601 g/mol. The van der Waals surface area contributed by atoms with E-state index in [9.17, 15) is 22.4 Å². The van der Waals surface area contributed by atoms with Gasteiger partial charge in [0.2, 0.25) is 21.8 Å². The summed E-state index contributed by atoms with van der Waals surface area (Å²) in [5.74, 6) is -0.769. The van der Waals surface area contributed by atoms with Crippen molar-refractivity contribution in [2.45, 2.75) is 45.7 Å². The second kappa shape index (κ2) is 15.0. The third-order valence-corrected chi connectivity index (χ3v) is 7.93. The molecule has 0 spiro atoms. The second-order valence-electron chi connectivity index (χ2n) is 10.4. The van der Waals surface area contributed by atoms with Gasteiger partial charge in [0.15, 0.2) is 0 Å². The number of anilines is 1. The molecule has 3 aromatic carbocycles. The molecule has 0 saturated heterocycles. The maximum absolute atomic E-state index is 13.8. The zero-order chi connectivity index (χ0) is 30.0. The highest BCUT2D eigenvalue weighted by atomic mass is 35.5. The van der Waals surface area contributed by atoms with Gasteiger partial charge in [0, 0.05) is 37.5 Å². The van der Waals surface area contributed by atoms with Crippen LogP contribution in [-0.2, 0) is 32.6 Å². The molecule has 220 valence electrons. The van der Waals surface area contributed by atoms with Crippen molar-refractivity contribution in [3.63, 3.8) is 0 Å². The van der Waals surface area contributed by atoms with Gasteiger partial charge in [-0.3, -0.25) is 13.9 Å². The van der Waals surface area contributed by atoms with E-state index in [0.717, 1.165) is 11.8 Å². The zero-order valence-electron chi connectivity index (χ0n) is 23.6. The highest BCUT2D eigenvalue weighted by Gasteiger charge is 2.30. The van der Waals surface area contributed by atoms with Crippen molar-refractivity contribution in [2.75, 3.05) is 23.7 Å². The molecule has 1 N–H and O–H groups in total. The first-order chi connectivity index (χ1) is 19.4. The van der Waals surface area contributed by atoms with Gasteiger partial charge >= 0.3 is 0 Å². The van der Waals surface area contributed by atoms with Crippen molar-refractivity contribution in [1.29, 1.82) is 0 Å². The fourth-order valence-corrected chi connectivity index (χ4v) is 5.47. The van der Waals surface area contributed by atoms with Crippen molar-refractivity contribution < 1.29 is 22.4 Å². The summed E-state index contributed by atoms with van der Waals surface area (Å²) in [6.45, 7) is 4.59. The molecule has 7 nitrogen and oxygen atoms in total. The van der Waals surface area contributed by atoms with Crippen LogP contribution in [0.5, 0.6) is 0 Å². The van der Waals surface area contributed by atoms with Crippen LogP contribution in [0.4, 0.5) is 10.1 Å². The van der Waals surface area contributed by atoms with Crippen LogP contribution in [0, 0.1) is 11.7 Å². The largest absolute Gasteiger partial charge is 0.354 e. The van der Waals surface area contributed by atoms with Crippen molar-refractivity contribution in [1.82, 2.24) is 10.2 Å². The Hall–Kier alpha value is -3.43. The Morgan fingerprint density at radius 1 is 0.927 bits per heavy atom. The molecule has 0 fully saturated rings. The third-order valence-electron chi connectivity index (χ3n) is 6.49. The van der Waals surface area contributed by atoms with Crippen LogP contribution in [0.25, 0.3) is 0 Å². The molecule has 0 aromatic heterocycles. The van der Waals surface area contributed by atoms with Gasteiger partial charge in [0.1, 0.15) is 11.9 Å². The molecule has 0 aliphatic carbocycles. The lowest BCUT2D eigenvalue weighted by Gasteiger charge is -2.32. The molecule has 0 radical (unpaired) electrons. The molecule has 0 saturated carbocycles. The summed E-state index contributed by atoms with van der Waals surface area (Å²) in [6.07, 6.45) is 1.63. The van der Waals surface area contributed by atoms with Gasteiger partial charge in [-0.1, -0.05) is 67.9 Å². The van der Waals surface area contributed by atoms with E-state index in [0.29, 0.717) is 22.8 Å². The topological polar surface area (TPSA) is 86.8 Å². The molecular formula is C31H37ClFN3O4S. The highest BCUT2D eigenvalue weighted by Crippen LogP contribution is 2.22. The molecule has 0 aliphatic rings. The first-order valence-corrected chi connectivity index (χ1v) is 15.8. The van der Waals surface area contributed by atoms with Crippen LogP contribution in [0.1, 0.15) is 37.8 Å². The second-order valence-corrected chi connectivity index (χ2v) is 12.8. The van der Waals surface area contributed by atoms with Gasteiger partial charge in [0.05, 0.1) is 11.9 Å². The minimum absolute atomic E-state index is 0.00353. The third kappa shape index (κ3) is 10.2. The summed E-state index contributed by atoms with van der Waals surface area (Å²) in [6, 6.07) is 20.9. The fourth-order valence-electron chi connectivity index (χ4n) is 4.37. The Labute approximate surface area is 247 Å². The fraction of sp³-hybridized carbons (Fsp3) is 0.355. The Kier molecular flexibility index (Phi) is 11.7. The van der Waals surface area contributed by atoms with E-state index in [1.54, 1.807) is 36.4 Å². The maximum Gasteiger partial charge on any atom is 0.243 e. The maximum atomic E-state index is 13.8. The van der Waals surface area contributed by atoms with Crippen molar-refractivity contribution in [3.8, 4) is 0 Å². The van der Waals surface area contributed by atoms with Crippen LogP contribution < -0.4 is 9.62 Å². The molecule has 3 aromatic rings. The average molecular weight is 602 g/mol.